The zero-order chi connectivity index (χ0) is 14.9. The maximum atomic E-state index is 12.2. The second kappa shape index (κ2) is 5.36. The summed E-state index contributed by atoms with van der Waals surface area (Å²) in [7, 11) is 1.71. The van der Waals surface area contributed by atoms with Gasteiger partial charge in [-0.3, -0.25) is 4.79 Å². The molecule has 5 nitrogen and oxygen atoms in total. The van der Waals surface area contributed by atoms with Crippen molar-refractivity contribution in [2.24, 2.45) is 13.0 Å². The number of fused-ring (bicyclic) bond motifs is 1. The first-order chi connectivity index (χ1) is 9.40. The van der Waals surface area contributed by atoms with Gasteiger partial charge in [-0.2, -0.15) is 0 Å². The van der Waals surface area contributed by atoms with E-state index in [2.05, 4.69) is 0 Å². The molecular formula is C15H17NO4. The van der Waals surface area contributed by atoms with Crippen LogP contribution in [0.25, 0.3) is 10.9 Å². The fourth-order valence-corrected chi connectivity index (χ4v) is 1.98. The Morgan fingerprint density at radius 2 is 2.10 bits per heavy atom. The summed E-state index contributed by atoms with van der Waals surface area (Å²) in [5.74, 6) is -0.272. The van der Waals surface area contributed by atoms with E-state index < -0.39 is 11.4 Å². The summed E-state index contributed by atoms with van der Waals surface area (Å²) in [6.45, 7) is 4.61. The van der Waals surface area contributed by atoms with Crippen molar-refractivity contribution >= 4 is 16.9 Å². The Morgan fingerprint density at radius 1 is 1.40 bits per heavy atom. The van der Waals surface area contributed by atoms with Crippen LogP contribution in [-0.2, 0) is 7.05 Å². The molecule has 0 saturated heterocycles. The summed E-state index contributed by atoms with van der Waals surface area (Å²) in [6.07, 6.45) is 1.33. The molecule has 1 N–H and O–H groups in total. The van der Waals surface area contributed by atoms with E-state index >= 15 is 0 Å². The van der Waals surface area contributed by atoms with Gasteiger partial charge in [-0.15, -0.1) is 0 Å². The van der Waals surface area contributed by atoms with E-state index in [4.69, 9.17) is 9.84 Å². The lowest BCUT2D eigenvalue weighted by Crippen LogP contribution is -2.18. The molecule has 0 saturated carbocycles. The molecule has 1 aromatic heterocycles. The Kier molecular flexibility index (Phi) is 3.79. The largest absolute Gasteiger partial charge is 0.493 e. The zero-order valence-electron chi connectivity index (χ0n) is 11.7. The minimum Gasteiger partial charge on any atom is -0.493 e. The highest BCUT2D eigenvalue weighted by Gasteiger charge is 2.13. The quantitative estimate of drug-likeness (QED) is 0.929. The second-order valence-electron chi connectivity index (χ2n) is 5.17. The number of pyridine rings is 1. The van der Waals surface area contributed by atoms with E-state index in [-0.39, 0.29) is 5.56 Å². The third-order valence-corrected chi connectivity index (χ3v) is 2.97. The Hall–Kier alpha value is -2.30. The summed E-state index contributed by atoms with van der Waals surface area (Å²) in [4.78, 5) is 23.2. The highest BCUT2D eigenvalue weighted by molar-refractivity contribution is 5.92. The number of rotatable bonds is 4. The first-order valence-electron chi connectivity index (χ1n) is 6.39. The van der Waals surface area contributed by atoms with Crippen LogP contribution in [0, 0.1) is 5.92 Å². The number of ether oxygens (including phenoxy) is 1. The van der Waals surface area contributed by atoms with E-state index in [9.17, 15) is 9.59 Å². The number of aromatic nitrogens is 1. The molecule has 0 aliphatic heterocycles. The fraction of sp³-hybridized carbons (Fsp3) is 0.333. The number of aromatic carboxylic acids is 1. The molecule has 0 aliphatic carbocycles. The normalized spacial score (nSPS) is 11.0. The van der Waals surface area contributed by atoms with Gasteiger partial charge in [0.15, 0.2) is 0 Å². The van der Waals surface area contributed by atoms with Gasteiger partial charge in [0.2, 0.25) is 5.43 Å². The molecule has 0 atom stereocenters. The van der Waals surface area contributed by atoms with Crippen LogP contribution in [-0.4, -0.2) is 22.2 Å². The molecule has 0 unspecified atom stereocenters. The summed E-state index contributed by atoms with van der Waals surface area (Å²) in [5.41, 5.74) is -0.0431. The van der Waals surface area contributed by atoms with Gasteiger partial charge >= 0.3 is 5.97 Å². The lowest BCUT2D eigenvalue weighted by atomic mass is 10.1. The standard InChI is InChI=1S/C15H17NO4/c1-9(2)8-20-10-4-5-13-11(6-10)14(17)12(15(18)19)7-16(13)3/h4-7,9H,8H2,1-3H3,(H,18,19). The van der Waals surface area contributed by atoms with Gasteiger partial charge in [0.25, 0.3) is 0 Å². The van der Waals surface area contributed by atoms with Crippen molar-refractivity contribution in [2.75, 3.05) is 6.61 Å². The van der Waals surface area contributed by atoms with Crippen LogP contribution in [0.4, 0.5) is 0 Å². The summed E-state index contributed by atoms with van der Waals surface area (Å²) >= 11 is 0. The van der Waals surface area contributed by atoms with Crippen molar-refractivity contribution in [1.29, 1.82) is 0 Å². The van der Waals surface area contributed by atoms with E-state index in [1.807, 2.05) is 13.8 Å². The maximum Gasteiger partial charge on any atom is 0.341 e. The molecule has 1 aromatic carbocycles. The Morgan fingerprint density at radius 3 is 2.70 bits per heavy atom. The van der Waals surface area contributed by atoms with Crippen LogP contribution in [0.1, 0.15) is 24.2 Å². The Bertz CT molecular complexity index is 716. The molecule has 20 heavy (non-hydrogen) atoms. The number of benzene rings is 1. The number of carbonyl (C=O) groups is 1. The van der Waals surface area contributed by atoms with Gasteiger partial charge in [0.1, 0.15) is 11.3 Å². The lowest BCUT2D eigenvalue weighted by Gasteiger charge is -2.11. The number of hydrogen-bond donors (Lipinski definition) is 1. The van der Waals surface area contributed by atoms with Gasteiger partial charge in [-0.1, -0.05) is 13.8 Å². The summed E-state index contributed by atoms with van der Waals surface area (Å²) in [6, 6.07) is 5.15. The SMILES string of the molecule is CC(C)COc1ccc2c(c1)c(=O)c(C(=O)O)cn2C. The second-order valence-corrected chi connectivity index (χ2v) is 5.17. The van der Waals surface area contributed by atoms with Gasteiger partial charge < -0.3 is 14.4 Å². The lowest BCUT2D eigenvalue weighted by molar-refractivity contribution is 0.0695. The number of aryl methyl sites for hydroxylation is 1. The van der Waals surface area contributed by atoms with E-state index in [1.165, 1.54) is 6.20 Å². The minimum absolute atomic E-state index is 0.235. The Balaban J connectivity index is 2.57. The first kappa shape index (κ1) is 14.1. The third kappa shape index (κ3) is 2.66. The topological polar surface area (TPSA) is 68.5 Å². The highest BCUT2D eigenvalue weighted by Crippen LogP contribution is 2.19. The molecule has 0 radical (unpaired) electrons. The summed E-state index contributed by atoms with van der Waals surface area (Å²) < 4.78 is 7.21. The van der Waals surface area contributed by atoms with Gasteiger partial charge in [-0.05, 0) is 24.1 Å². The third-order valence-electron chi connectivity index (χ3n) is 2.97. The number of carboxylic acid groups (broad SMARTS) is 1. The van der Waals surface area contributed by atoms with E-state index in [0.29, 0.717) is 29.2 Å². The highest BCUT2D eigenvalue weighted by atomic mass is 16.5. The summed E-state index contributed by atoms with van der Waals surface area (Å²) in [5, 5.41) is 9.41. The van der Waals surface area contributed by atoms with Crippen LogP contribution >= 0.6 is 0 Å². The zero-order valence-corrected chi connectivity index (χ0v) is 11.7. The van der Waals surface area contributed by atoms with Crippen LogP contribution in [0.5, 0.6) is 5.75 Å². The molecule has 0 amide bonds. The van der Waals surface area contributed by atoms with Gasteiger partial charge in [-0.25, -0.2) is 4.79 Å². The molecule has 1 heterocycles. The van der Waals surface area contributed by atoms with Gasteiger partial charge in [0, 0.05) is 13.2 Å². The van der Waals surface area contributed by atoms with E-state index in [0.717, 1.165) is 0 Å². The average molecular weight is 275 g/mol. The fourth-order valence-electron chi connectivity index (χ4n) is 1.98. The van der Waals surface area contributed by atoms with Crippen molar-refractivity contribution in [3.05, 3.63) is 40.2 Å². The van der Waals surface area contributed by atoms with Crippen LogP contribution in [0.3, 0.4) is 0 Å². The molecular weight excluding hydrogens is 258 g/mol. The average Bonchev–Trinajstić information content (AvgIpc) is 2.40. The van der Waals surface area contributed by atoms with Crippen molar-refractivity contribution in [3.63, 3.8) is 0 Å². The monoisotopic (exact) mass is 275 g/mol. The van der Waals surface area contributed by atoms with Crippen LogP contribution < -0.4 is 10.2 Å². The van der Waals surface area contributed by atoms with Crippen molar-refractivity contribution in [1.82, 2.24) is 4.57 Å². The molecule has 0 aliphatic rings. The predicted octanol–water partition coefficient (Wildman–Crippen LogP) is 2.27. The minimum atomic E-state index is -1.22. The molecule has 0 bridgehead atoms. The smallest absolute Gasteiger partial charge is 0.341 e. The molecule has 0 spiro atoms. The van der Waals surface area contributed by atoms with Crippen molar-refractivity contribution < 1.29 is 14.6 Å². The van der Waals surface area contributed by atoms with Crippen molar-refractivity contribution in [3.8, 4) is 5.75 Å². The van der Waals surface area contributed by atoms with Crippen molar-refractivity contribution in [2.45, 2.75) is 13.8 Å². The first-order valence-corrected chi connectivity index (χ1v) is 6.39. The molecule has 0 fully saturated rings. The van der Waals surface area contributed by atoms with Gasteiger partial charge in [0.05, 0.1) is 17.5 Å². The number of carboxylic acids is 1. The number of hydrogen-bond acceptors (Lipinski definition) is 3. The molecule has 2 aromatic rings. The molecule has 5 heteroatoms. The van der Waals surface area contributed by atoms with E-state index in [1.54, 1.807) is 29.8 Å². The van der Waals surface area contributed by atoms with Crippen LogP contribution in [0.15, 0.2) is 29.2 Å². The molecule has 106 valence electrons. The predicted molar refractivity (Wildman–Crippen MR) is 76.5 cm³/mol. The Labute approximate surface area is 116 Å². The molecule has 2 rings (SSSR count). The van der Waals surface area contributed by atoms with Crippen LogP contribution in [0.2, 0.25) is 0 Å². The number of nitrogens with zero attached hydrogens (tertiary/aromatic N) is 1. The maximum absolute atomic E-state index is 12.2.